The zero-order chi connectivity index (χ0) is 12.3. The quantitative estimate of drug-likeness (QED) is 0.339. The number of aryl methyl sites for hydroxylation is 1. The van der Waals surface area contributed by atoms with Crippen LogP contribution in [0.4, 0.5) is 0 Å². The van der Waals surface area contributed by atoms with E-state index in [2.05, 4.69) is 15.3 Å². The van der Waals surface area contributed by atoms with Gasteiger partial charge in [-0.2, -0.15) is 10.2 Å². The van der Waals surface area contributed by atoms with Crippen LogP contribution in [-0.2, 0) is 0 Å². The molecule has 102 valence electrons. The first-order valence-corrected chi connectivity index (χ1v) is 4.46. The van der Waals surface area contributed by atoms with Crippen LogP contribution < -0.4 is 17.2 Å². The molecule has 0 bridgehead atoms. The third-order valence-electron chi connectivity index (χ3n) is 1.85. The Morgan fingerprint density at radius 3 is 2.22 bits per heavy atom. The zero-order valence-corrected chi connectivity index (χ0v) is 11.5. The van der Waals surface area contributed by atoms with E-state index in [0.717, 1.165) is 5.56 Å². The van der Waals surface area contributed by atoms with E-state index in [1.807, 2.05) is 0 Å². The van der Waals surface area contributed by atoms with Crippen LogP contribution in [0.5, 0.6) is 0 Å². The minimum absolute atomic E-state index is 0. The minimum atomic E-state index is -0.163. The lowest BCUT2D eigenvalue weighted by Gasteiger charge is -1.94. The van der Waals surface area contributed by atoms with Crippen molar-refractivity contribution in [1.82, 2.24) is 9.78 Å². The lowest BCUT2D eigenvalue weighted by Crippen LogP contribution is -2.22. The van der Waals surface area contributed by atoms with Crippen molar-refractivity contribution in [3.8, 4) is 0 Å². The Morgan fingerprint density at radius 1 is 1.28 bits per heavy atom. The number of nitrogens with one attached hydrogen (secondary N) is 1. The molecule has 1 aromatic rings. The Balaban J connectivity index is 0. The third-order valence-corrected chi connectivity index (χ3v) is 1.85. The van der Waals surface area contributed by atoms with Crippen LogP contribution >= 0.6 is 24.8 Å². The van der Waals surface area contributed by atoms with Crippen LogP contribution in [-0.4, -0.2) is 27.4 Å². The van der Waals surface area contributed by atoms with Crippen molar-refractivity contribution in [3.63, 3.8) is 0 Å². The molecule has 0 radical (unpaired) electrons. The molecule has 18 heavy (non-hydrogen) atoms. The molecule has 7 N–H and O–H groups in total. The molecule has 1 rings (SSSR count). The van der Waals surface area contributed by atoms with Gasteiger partial charge in [-0.1, -0.05) is 0 Å². The summed E-state index contributed by atoms with van der Waals surface area (Å²) in [6.45, 7) is 3.52. The number of nitrogens with zero attached hydrogens (tertiary/aromatic N) is 4. The van der Waals surface area contributed by atoms with Gasteiger partial charge in [0.25, 0.3) is 0 Å². The largest absolute Gasteiger partial charge is 0.369 e. The number of rotatable bonds is 2. The number of nitrogens with two attached hydrogens (primary N) is 3. The van der Waals surface area contributed by atoms with E-state index in [9.17, 15) is 0 Å². The first kappa shape index (κ1) is 18.6. The summed E-state index contributed by atoms with van der Waals surface area (Å²) < 4.78 is 1.25. The number of guanidine groups is 1. The minimum Gasteiger partial charge on any atom is -0.369 e. The molecule has 8 nitrogen and oxygen atoms in total. The predicted molar refractivity (Wildman–Crippen MR) is 76.8 cm³/mol. The van der Waals surface area contributed by atoms with Gasteiger partial charge in [-0.25, -0.2) is 4.68 Å². The Bertz CT molecular complexity index is 471. The van der Waals surface area contributed by atoms with Crippen LogP contribution in [0.3, 0.4) is 0 Å². The second-order valence-electron chi connectivity index (χ2n) is 3.17. The molecular formula is C8H16Cl2N8. The fourth-order valence-corrected chi connectivity index (χ4v) is 1.13. The smallest absolute Gasteiger partial charge is 0.213 e. The van der Waals surface area contributed by atoms with Crippen molar-refractivity contribution in [2.24, 2.45) is 27.4 Å². The lowest BCUT2D eigenvalue weighted by molar-refractivity contribution is 0.892. The summed E-state index contributed by atoms with van der Waals surface area (Å²) in [6, 6.07) is 0. The van der Waals surface area contributed by atoms with Crippen molar-refractivity contribution in [3.05, 3.63) is 17.5 Å². The van der Waals surface area contributed by atoms with Gasteiger partial charge in [0.15, 0.2) is 0 Å². The molecular weight excluding hydrogens is 279 g/mol. The molecule has 0 atom stereocenters. The fraction of sp³-hybridized carbons (Fsp3) is 0.250. The molecule has 0 saturated carbocycles. The number of halogens is 2. The highest BCUT2D eigenvalue weighted by Crippen LogP contribution is 2.06. The number of aromatic nitrogens is 2. The van der Waals surface area contributed by atoms with Gasteiger partial charge in [-0.05, 0) is 13.8 Å². The molecule has 10 heteroatoms. The van der Waals surface area contributed by atoms with E-state index < -0.39 is 0 Å². The van der Waals surface area contributed by atoms with E-state index in [1.165, 1.54) is 4.68 Å². The van der Waals surface area contributed by atoms with E-state index in [-0.39, 0.29) is 36.7 Å². The Kier molecular flexibility index (Phi) is 7.75. The molecule has 0 aliphatic rings. The van der Waals surface area contributed by atoms with Gasteiger partial charge >= 0.3 is 0 Å². The second-order valence-corrected chi connectivity index (χ2v) is 3.17. The highest BCUT2D eigenvalue weighted by atomic mass is 35.5. The number of nitrogen functional groups attached to an aromatic ring is 1. The van der Waals surface area contributed by atoms with Crippen molar-refractivity contribution in [2.75, 3.05) is 0 Å². The summed E-state index contributed by atoms with van der Waals surface area (Å²) in [4.78, 5) is 0. The van der Waals surface area contributed by atoms with E-state index in [0.29, 0.717) is 11.4 Å². The average Bonchev–Trinajstić information content (AvgIpc) is 2.57. The molecule has 0 saturated heterocycles. The highest BCUT2D eigenvalue weighted by molar-refractivity contribution is 6.00. The fourth-order valence-electron chi connectivity index (χ4n) is 1.13. The summed E-state index contributed by atoms with van der Waals surface area (Å²) in [7, 11) is 0. The van der Waals surface area contributed by atoms with Crippen LogP contribution in [0.25, 0.3) is 0 Å². The SMILES string of the molecule is CC(=NN=C(N)N)c1cn(C(=N)N)nc1C.Cl.Cl. The maximum Gasteiger partial charge on any atom is 0.213 e. The summed E-state index contributed by atoms with van der Waals surface area (Å²) >= 11 is 0. The van der Waals surface area contributed by atoms with Crippen molar-refractivity contribution < 1.29 is 0 Å². The Hall–Kier alpha value is -1.80. The molecule has 0 aliphatic carbocycles. The predicted octanol–water partition coefficient (Wildman–Crippen LogP) is -0.226. The maximum atomic E-state index is 7.23. The van der Waals surface area contributed by atoms with Crippen LogP contribution in [0.2, 0.25) is 0 Å². The summed E-state index contributed by atoms with van der Waals surface area (Å²) in [5.74, 6) is -0.278. The zero-order valence-electron chi connectivity index (χ0n) is 9.91. The van der Waals surface area contributed by atoms with Crippen molar-refractivity contribution in [2.45, 2.75) is 13.8 Å². The van der Waals surface area contributed by atoms with Gasteiger partial charge < -0.3 is 17.2 Å². The number of hydrogen-bond acceptors (Lipinski definition) is 4. The Morgan fingerprint density at radius 2 is 1.83 bits per heavy atom. The summed E-state index contributed by atoms with van der Waals surface area (Å²) in [5, 5.41) is 18.6. The third kappa shape index (κ3) is 4.60. The van der Waals surface area contributed by atoms with Gasteiger partial charge in [0.2, 0.25) is 11.9 Å². The first-order chi connectivity index (χ1) is 7.41. The molecule has 1 heterocycles. The molecule has 0 aliphatic heterocycles. The first-order valence-electron chi connectivity index (χ1n) is 4.46. The molecule has 0 aromatic carbocycles. The van der Waals surface area contributed by atoms with Gasteiger partial charge in [0.1, 0.15) is 0 Å². The van der Waals surface area contributed by atoms with Crippen molar-refractivity contribution in [1.29, 1.82) is 5.41 Å². The van der Waals surface area contributed by atoms with Gasteiger partial charge in [0.05, 0.1) is 11.4 Å². The topological polar surface area (TPSA) is 144 Å². The molecule has 0 unspecified atom stereocenters. The second kappa shape index (κ2) is 7.51. The maximum absolute atomic E-state index is 7.23. The van der Waals surface area contributed by atoms with E-state index in [4.69, 9.17) is 22.6 Å². The Labute approximate surface area is 117 Å². The van der Waals surface area contributed by atoms with Gasteiger partial charge in [-0.15, -0.1) is 29.9 Å². The lowest BCUT2D eigenvalue weighted by atomic mass is 10.2. The van der Waals surface area contributed by atoms with Gasteiger partial charge in [-0.3, -0.25) is 5.41 Å². The molecule has 0 spiro atoms. The van der Waals surface area contributed by atoms with E-state index >= 15 is 0 Å². The summed E-state index contributed by atoms with van der Waals surface area (Å²) in [6.07, 6.45) is 1.60. The van der Waals surface area contributed by atoms with Crippen molar-refractivity contribution >= 4 is 42.4 Å². The monoisotopic (exact) mass is 294 g/mol. The molecule has 0 fully saturated rings. The number of hydrogen-bond donors (Lipinski definition) is 4. The highest BCUT2D eigenvalue weighted by Gasteiger charge is 2.08. The average molecular weight is 295 g/mol. The van der Waals surface area contributed by atoms with Crippen LogP contribution in [0, 0.1) is 12.3 Å². The standard InChI is InChI=1S/C8H14N8.2ClH/c1-4(13-14-7(9)10)6-3-16(8(11)12)15-5(6)2;;/h3H,1-2H3,(H3,11,12)(H4,9,10,14);2*1H. The molecule has 1 aromatic heterocycles. The van der Waals surface area contributed by atoms with Crippen LogP contribution in [0.15, 0.2) is 16.4 Å². The molecule has 0 amide bonds. The van der Waals surface area contributed by atoms with Crippen LogP contribution in [0.1, 0.15) is 18.2 Å². The van der Waals surface area contributed by atoms with E-state index in [1.54, 1.807) is 20.0 Å². The normalized spacial score (nSPS) is 10.0. The summed E-state index contributed by atoms with van der Waals surface area (Å²) in [5.41, 5.74) is 17.6. The van der Waals surface area contributed by atoms with Gasteiger partial charge in [0, 0.05) is 11.8 Å².